The highest BCUT2D eigenvalue weighted by molar-refractivity contribution is 6.33. The number of rotatable bonds is 7. The van der Waals surface area contributed by atoms with Gasteiger partial charge < -0.3 is 22.1 Å². The van der Waals surface area contributed by atoms with Crippen molar-refractivity contribution in [2.24, 2.45) is 5.73 Å². The monoisotopic (exact) mass is 419 g/mol. The van der Waals surface area contributed by atoms with Gasteiger partial charge in [0.15, 0.2) is 11.6 Å². The number of nitrogens with two attached hydrogens (primary N) is 2. The number of nitrogens with zero attached hydrogens (tertiary/aromatic N) is 4. The normalized spacial score (nSPS) is 14.5. The number of fused-ring (bicyclic) bond motifs is 1. The smallest absolute Gasteiger partial charge is 0.226 e. The molecule has 29 heavy (non-hydrogen) atoms. The average Bonchev–Trinajstić information content (AvgIpc) is 3.03. The molecule has 1 aromatic carbocycles. The summed E-state index contributed by atoms with van der Waals surface area (Å²) < 4.78 is 0. The number of hydrogen-bond acceptors (Lipinski definition) is 9. The summed E-state index contributed by atoms with van der Waals surface area (Å²) in [4.78, 5) is 9.47. The minimum atomic E-state index is -0.0225. The van der Waals surface area contributed by atoms with Crippen LogP contribution in [0.5, 0.6) is 0 Å². The van der Waals surface area contributed by atoms with E-state index in [0.29, 0.717) is 29.0 Å². The van der Waals surface area contributed by atoms with Crippen molar-refractivity contribution in [3.05, 3.63) is 23.2 Å². The summed E-state index contributed by atoms with van der Waals surface area (Å²) in [5.41, 5.74) is 17.3. The molecule has 0 radical (unpaired) electrons. The Balaban J connectivity index is 2.08. The first-order chi connectivity index (χ1) is 13.7. The van der Waals surface area contributed by atoms with Gasteiger partial charge in [-0.2, -0.15) is 9.97 Å². The second kappa shape index (κ2) is 8.48. The number of aromatic nitrogens is 2. The van der Waals surface area contributed by atoms with Crippen molar-refractivity contribution < 1.29 is 0 Å². The molecule has 1 atom stereocenters. The Kier molecular flexibility index (Phi) is 6.21. The van der Waals surface area contributed by atoms with E-state index in [4.69, 9.17) is 33.0 Å². The summed E-state index contributed by atoms with van der Waals surface area (Å²) in [7, 11) is 0. The molecular weight excluding hydrogens is 390 g/mol. The van der Waals surface area contributed by atoms with Crippen molar-refractivity contribution in [3.63, 3.8) is 0 Å². The Hall–Kier alpha value is -2.49. The van der Waals surface area contributed by atoms with Gasteiger partial charge in [-0.25, -0.2) is 0 Å². The third kappa shape index (κ3) is 4.58. The maximum atomic E-state index is 6.20. The van der Waals surface area contributed by atoms with Crippen LogP contribution in [-0.2, 0) is 0 Å². The first kappa shape index (κ1) is 21.2. The van der Waals surface area contributed by atoms with E-state index >= 15 is 0 Å². The third-order valence-corrected chi connectivity index (χ3v) is 4.76. The van der Waals surface area contributed by atoms with Crippen LogP contribution in [0.15, 0.2) is 18.2 Å². The summed E-state index contributed by atoms with van der Waals surface area (Å²) in [6.45, 7) is 10.9. The van der Waals surface area contributed by atoms with Crippen LogP contribution in [0.4, 0.5) is 34.6 Å². The fourth-order valence-electron chi connectivity index (χ4n) is 2.94. The number of benzene rings is 1. The average molecular weight is 420 g/mol. The molecule has 0 aliphatic carbocycles. The van der Waals surface area contributed by atoms with Crippen LogP contribution in [0.3, 0.4) is 0 Å². The molecule has 0 saturated carbocycles. The summed E-state index contributed by atoms with van der Waals surface area (Å²) in [6, 6.07) is 5.76. The SMILES string of the molecule is CC(N)CNc1nc(Nc2ccc(N)c(Cl)c2)c2c(n1)N(C(C)C)NN2C(C)C. The lowest BCUT2D eigenvalue weighted by Crippen LogP contribution is -2.50. The summed E-state index contributed by atoms with van der Waals surface area (Å²) in [6.07, 6.45) is 0. The molecule has 1 aliphatic rings. The van der Waals surface area contributed by atoms with E-state index in [0.717, 1.165) is 17.2 Å². The topological polar surface area (TPSA) is 120 Å². The Bertz CT molecular complexity index is 869. The van der Waals surface area contributed by atoms with Crippen LogP contribution in [0.25, 0.3) is 0 Å². The zero-order valence-electron chi connectivity index (χ0n) is 17.5. The second-order valence-corrected chi connectivity index (χ2v) is 8.22. The van der Waals surface area contributed by atoms with Crippen molar-refractivity contribution in [2.45, 2.75) is 52.7 Å². The molecule has 1 unspecified atom stereocenters. The van der Waals surface area contributed by atoms with Crippen LogP contribution in [0.1, 0.15) is 34.6 Å². The molecule has 0 fully saturated rings. The number of hydrogen-bond donors (Lipinski definition) is 5. The van der Waals surface area contributed by atoms with Crippen molar-refractivity contribution >= 4 is 46.2 Å². The van der Waals surface area contributed by atoms with Gasteiger partial charge in [-0.3, -0.25) is 10.0 Å². The lowest BCUT2D eigenvalue weighted by molar-refractivity contribution is 0.524. The van der Waals surface area contributed by atoms with Crippen LogP contribution >= 0.6 is 11.6 Å². The molecule has 2 aromatic rings. The molecule has 0 saturated heterocycles. The summed E-state index contributed by atoms with van der Waals surface area (Å²) >= 11 is 6.20. The lowest BCUT2D eigenvalue weighted by Gasteiger charge is -2.27. The number of anilines is 6. The van der Waals surface area contributed by atoms with E-state index in [2.05, 4.69) is 43.9 Å². The standard InChI is InChI=1S/C19H30ClN9/c1-10(2)28-16-17(24-13-6-7-15(22)14(20)8-13)25-19(23-9-12(5)21)26-18(16)29(27-28)11(3)4/h6-8,10-12,27H,9,21-22H2,1-5H3,(H2,23,24,25,26). The Morgan fingerprint density at radius 2 is 1.79 bits per heavy atom. The molecule has 7 N–H and O–H groups in total. The van der Waals surface area contributed by atoms with Gasteiger partial charge in [-0.05, 0) is 52.8 Å². The van der Waals surface area contributed by atoms with Gasteiger partial charge in [0.2, 0.25) is 5.95 Å². The van der Waals surface area contributed by atoms with Crippen molar-refractivity contribution in [2.75, 3.05) is 32.9 Å². The van der Waals surface area contributed by atoms with Crippen LogP contribution in [0, 0.1) is 0 Å². The number of hydrazine groups is 2. The molecule has 10 heteroatoms. The molecule has 9 nitrogen and oxygen atoms in total. The lowest BCUT2D eigenvalue weighted by atomic mass is 10.2. The number of nitrogens with one attached hydrogen (secondary N) is 3. The summed E-state index contributed by atoms with van der Waals surface area (Å²) in [5.74, 6) is 1.95. The molecule has 1 aliphatic heterocycles. The summed E-state index contributed by atoms with van der Waals surface area (Å²) in [5, 5.41) is 11.1. The highest BCUT2D eigenvalue weighted by Crippen LogP contribution is 2.41. The van der Waals surface area contributed by atoms with Gasteiger partial charge in [0.1, 0.15) is 5.69 Å². The first-order valence-electron chi connectivity index (χ1n) is 9.75. The Morgan fingerprint density at radius 3 is 2.38 bits per heavy atom. The molecule has 1 aromatic heterocycles. The quantitative estimate of drug-likeness (QED) is 0.431. The van der Waals surface area contributed by atoms with Gasteiger partial charge in [-0.1, -0.05) is 11.6 Å². The van der Waals surface area contributed by atoms with Crippen LogP contribution < -0.4 is 37.7 Å². The fraction of sp³-hybridized carbons (Fsp3) is 0.474. The molecule has 0 bridgehead atoms. The predicted molar refractivity (Wildman–Crippen MR) is 122 cm³/mol. The first-order valence-corrected chi connectivity index (χ1v) is 10.1. The largest absolute Gasteiger partial charge is 0.398 e. The van der Waals surface area contributed by atoms with Crippen LogP contribution in [-0.4, -0.2) is 34.6 Å². The van der Waals surface area contributed by atoms with E-state index in [1.165, 1.54) is 0 Å². The second-order valence-electron chi connectivity index (χ2n) is 7.82. The van der Waals surface area contributed by atoms with Gasteiger partial charge >= 0.3 is 0 Å². The maximum absolute atomic E-state index is 6.20. The van der Waals surface area contributed by atoms with Crippen molar-refractivity contribution in [1.29, 1.82) is 0 Å². The van der Waals surface area contributed by atoms with Gasteiger partial charge in [0.25, 0.3) is 0 Å². The molecule has 0 amide bonds. The predicted octanol–water partition coefficient (Wildman–Crippen LogP) is 3.08. The fourth-order valence-corrected chi connectivity index (χ4v) is 3.12. The molecule has 3 rings (SSSR count). The molecular formula is C19H30ClN9. The van der Waals surface area contributed by atoms with Gasteiger partial charge in [0, 0.05) is 30.4 Å². The molecule has 2 heterocycles. The number of halogens is 1. The van der Waals surface area contributed by atoms with Crippen LogP contribution in [0.2, 0.25) is 5.02 Å². The zero-order chi connectivity index (χ0) is 21.3. The van der Waals surface area contributed by atoms with E-state index in [1.54, 1.807) is 12.1 Å². The third-order valence-electron chi connectivity index (χ3n) is 4.43. The minimum absolute atomic E-state index is 0.0225. The minimum Gasteiger partial charge on any atom is -0.398 e. The van der Waals surface area contributed by atoms with Gasteiger partial charge in [-0.15, -0.1) is 5.53 Å². The number of nitrogen functional groups attached to an aromatic ring is 1. The van der Waals surface area contributed by atoms with E-state index in [-0.39, 0.29) is 18.1 Å². The Labute approximate surface area is 176 Å². The van der Waals surface area contributed by atoms with E-state index < -0.39 is 0 Å². The van der Waals surface area contributed by atoms with E-state index in [9.17, 15) is 0 Å². The van der Waals surface area contributed by atoms with Crippen molar-refractivity contribution in [1.82, 2.24) is 15.5 Å². The zero-order valence-corrected chi connectivity index (χ0v) is 18.2. The van der Waals surface area contributed by atoms with E-state index in [1.807, 2.05) is 23.0 Å². The molecule has 0 spiro atoms. The van der Waals surface area contributed by atoms with Gasteiger partial charge in [0.05, 0.1) is 10.7 Å². The Morgan fingerprint density at radius 1 is 1.10 bits per heavy atom. The highest BCUT2D eigenvalue weighted by Gasteiger charge is 2.34. The highest BCUT2D eigenvalue weighted by atomic mass is 35.5. The molecule has 158 valence electrons. The van der Waals surface area contributed by atoms with Crippen molar-refractivity contribution in [3.8, 4) is 0 Å². The maximum Gasteiger partial charge on any atom is 0.226 e.